The first-order valence-electron chi connectivity index (χ1n) is 12.5. The fourth-order valence-corrected chi connectivity index (χ4v) is 6.98. The van der Waals surface area contributed by atoms with Crippen LogP contribution in [0.25, 0.3) is 11.1 Å². The number of aliphatic hydroxyl groups excluding tert-OH is 2. The van der Waals surface area contributed by atoms with Gasteiger partial charge in [-0.25, -0.2) is 4.58 Å². The van der Waals surface area contributed by atoms with Crippen LogP contribution < -0.4 is 20.1 Å². The van der Waals surface area contributed by atoms with Crippen molar-refractivity contribution >= 4 is 16.8 Å². The first kappa shape index (κ1) is 18.9. The topological polar surface area (TPSA) is 46.7 Å². The largest absolute Gasteiger partial charge is 0.507 e. The molecule has 5 aliphatic rings. The van der Waals surface area contributed by atoms with Gasteiger partial charge >= 0.3 is 0 Å². The maximum Gasteiger partial charge on any atom is 0.206 e. The van der Waals surface area contributed by atoms with Crippen LogP contribution in [0.2, 0.25) is 0 Å². The third-order valence-corrected chi connectivity index (χ3v) is 8.34. The van der Waals surface area contributed by atoms with Gasteiger partial charge in [-0.15, -0.1) is 0 Å². The normalized spacial score (nSPS) is 23.7. The van der Waals surface area contributed by atoms with Crippen LogP contribution in [0.15, 0.2) is 30.0 Å². The van der Waals surface area contributed by atoms with Gasteiger partial charge in [-0.05, 0) is 84.7 Å². The van der Waals surface area contributed by atoms with E-state index in [-0.39, 0.29) is 0 Å². The van der Waals surface area contributed by atoms with E-state index in [4.69, 9.17) is 0 Å². The van der Waals surface area contributed by atoms with Crippen LogP contribution in [0.5, 0.6) is 0 Å². The molecule has 0 saturated carbocycles. The molecule has 1 atom stereocenters. The minimum atomic E-state index is -0.711. The quantitative estimate of drug-likeness (QED) is 0.687. The SMILES string of the molecule is OC1=C(c2cc3c4c(c2)CCCN4CCC3)C(O)C1=c1cc2c3c(c1)CCC[N+]=3CCC2. The van der Waals surface area contributed by atoms with E-state index < -0.39 is 6.10 Å². The van der Waals surface area contributed by atoms with Crippen molar-refractivity contribution in [2.24, 2.45) is 0 Å². The van der Waals surface area contributed by atoms with E-state index in [9.17, 15) is 10.2 Å². The van der Waals surface area contributed by atoms with Crippen LogP contribution in [0.4, 0.5) is 5.69 Å². The molecule has 2 aromatic rings. The number of nitrogens with zero attached hydrogens (tertiary/aromatic N) is 2. The number of hydrogen-bond donors (Lipinski definition) is 2. The van der Waals surface area contributed by atoms with E-state index in [0.29, 0.717) is 5.76 Å². The van der Waals surface area contributed by atoms with Gasteiger partial charge in [0.15, 0.2) is 0 Å². The van der Waals surface area contributed by atoms with Crippen molar-refractivity contribution in [2.75, 3.05) is 31.1 Å². The second-order valence-corrected chi connectivity index (χ2v) is 10.3. The summed E-state index contributed by atoms with van der Waals surface area (Å²) < 4.78 is 2.53. The molecule has 4 nitrogen and oxygen atoms in total. The molecule has 0 amide bonds. The molecule has 32 heavy (non-hydrogen) atoms. The van der Waals surface area contributed by atoms with Crippen molar-refractivity contribution in [1.82, 2.24) is 4.58 Å². The lowest BCUT2D eigenvalue weighted by atomic mass is 9.78. The minimum Gasteiger partial charge on any atom is -0.507 e. The molecule has 0 aromatic heterocycles. The van der Waals surface area contributed by atoms with Gasteiger partial charge < -0.3 is 15.1 Å². The van der Waals surface area contributed by atoms with Crippen molar-refractivity contribution in [3.63, 3.8) is 0 Å². The number of rotatable bonds is 1. The Hall–Kier alpha value is -2.59. The van der Waals surface area contributed by atoms with Gasteiger partial charge in [-0.1, -0.05) is 0 Å². The number of aliphatic hydroxyl groups is 2. The molecule has 4 heteroatoms. The van der Waals surface area contributed by atoms with Crippen molar-refractivity contribution in [1.29, 1.82) is 0 Å². The molecule has 0 spiro atoms. The summed E-state index contributed by atoms with van der Waals surface area (Å²) in [6.45, 7) is 4.63. The van der Waals surface area contributed by atoms with Crippen LogP contribution in [-0.4, -0.2) is 42.5 Å². The van der Waals surface area contributed by atoms with Crippen molar-refractivity contribution in [2.45, 2.75) is 57.5 Å². The highest BCUT2D eigenvalue weighted by Gasteiger charge is 2.37. The highest BCUT2D eigenvalue weighted by atomic mass is 16.3. The zero-order valence-corrected chi connectivity index (χ0v) is 18.7. The molecule has 4 aliphatic heterocycles. The van der Waals surface area contributed by atoms with Crippen molar-refractivity contribution < 1.29 is 10.2 Å². The van der Waals surface area contributed by atoms with Gasteiger partial charge in [-0.2, -0.15) is 0 Å². The van der Waals surface area contributed by atoms with Gasteiger partial charge in [0.25, 0.3) is 0 Å². The highest BCUT2D eigenvalue weighted by Crippen LogP contribution is 2.44. The average molecular weight is 428 g/mol. The summed E-state index contributed by atoms with van der Waals surface area (Å²) in [7, 11) is 0. The van der Waals surface area contributed by atoms with E-state index >= 15 is 0 Å². The third-order valence-electron chi connectivity index (χ3n) is 8.34. The van der Waals surface area contributed by atoms with E-state index in [1.807, 2.05) is 0 Å². The van der Waals surface area contributed by atoms with E-state index in [2.05, 4.69) is 33.7 Å². The second kappa shape index (κ2) is 6.95. The lowest BCUT2D eigenvalue weighted by Crippen LogP contribution is -2.45. The van der Waals surface area contributed by atoms with Crippen LogP contribution in [-0.2, 0) is 25.7 Å². The molecule has 164 valence electrons. The Bertz CT molecular complexity index is 1250. The van der Waals surface area contributed by atoms with Gasteiger partial charge in [0.1, 0.15) is 25.0 Å². The zero-order valence-electron chi connectivity index (χ0n) is 18.7. The summed E-state index contributed by atoms with van der Waals surface area (Å²) in [5.74, 6) is 0.295. The first-order chi connectivity index (χ1) is 15.7. The molecule has 1 unspecified atom stereocenters. The van der Waals surface area contributed by atoms with Crippen LogP contribution in [0, 0.1) is 0 Å². The summed E-state index contributed by atoms with van der Waals surface area (Å²) >= 11 is 0. The standard InChI is InChI=1S/C28H30N2O2/c31-27-23(21-13-17-5-1-9-29-10-2-6-18(14-21)25(17)29)28(32)24(27)22-15-19-7-3-11-30-12-4-8-20(16-22)26(19)30/h13-16,27,31H,1-12H2/p+1. The molecular formula is C28H31N2O2+. The van der Waals surface area contributed by atoms with Gasteiger partial charge in [0.05, 0.1) is 0 Å². The first-order valence-corrected chi connectivity index (χ1v) is 12.5. The van der Waals surface area contributed by atoms with Crippen molar-refractivity contribution in [3.05, 3.63) is 68.4 Å². The smallest absolute Gasteiger partial charge is 0.206 e. The van der Waals surface area contributed by atoms with Gasteiger partial charge in [-0.3, -0.25) is 0 Å². The zero-order chi connectivity index (χ0) is 21.4. The number of hydrogen-bond acceptors (Lipinski definition) is 3. The predicted octanol–water partition coefficient (Wildman–Crippen LogP) is 2.26. The Labute approximate surface area is 188 Å². The molecule has 0 bridgehead atoms. The molecule has 0 fully saturated rings. The highest BCUT2D eigenvalue weighted by molar-refractivity contribution is 5.99. The minimum absolute atomic E-state index is 0.295. The number of benzene rings is 2. The summed E-state index contributed by atoms with van der Waals surface area (Å²) in [4.78, 5) is 2.53. The molecule has 7 rings (SSSR count). The lowest BCUT2D eigenvalue weighted by molar-refractivity contribution is 0.256. The fraction of sp³-hybridized carbons (Fsp3) is 0.464. The molecular weight excluding hydrogens is 396 g/mol. The monoisotopic (exact) mass is 427 g/mol. The second-order valence-electron chi connectivity index (χ2n) is 10.3. The van der Waals surface area contributed by atoms with Crippen LogP contribution in [0.1, 0.15) is 53.5 Å². The summed E-state index contributed by atoms with van der Waals surface area (Å²) in [6, 6.07) is 8.93. The summed E-state index contributed by atoms with van der Waals surface area (Å²) in [5.41, 5.74) is 9.45. The summed E-state index contributed by atoms with van der Waals surface area (Å²) in [5, 5.41) is 24.9. The Morgan fingerprint density at radius 1 is 0.750 bits per heavy atom. The maximum absolute atomic E-state index is 11.2. The predicted molar refractivity (Wildman–Crippen MR) is 128 cm³/mol. The Balaban J connectivity index is 1.38. The number of anilines is 1. The maximum atomic E-state index is 11.2. The average Bonchev–Trinajstić information content (AvgIpc) is 2.80. The third kappa shape index (κ3) is 2.62. The fourth-order valence-electron chi connectivity index (χ4n) is 6.98. The molecule has 2 aromatic carbocycles. The van der Waals surface area contributed by atoms with Gasteiger partial charge in [0.2, 0.25) is 5.36 Å². The molecule has 2 N–H and O–H groups in total. The number of aryl methyl sites for hydroxylation is 4. The lowest BCUT2D eigenvalue weighted by Gasteiger charge is -2.38. The van der Waals surface area contributed by atoms with Crippen molar-refractivity contribution in [3.8, 4) is 0 Å². The van der Waals surface area contributed by atoms with E-state index in [0.717, 1.165) is 73.8 Å². The van der Waals surface area contributed by atoms with Crippen LogP contribution >= 0.6 is 0 Å². The molecule has 0 saturated heterocycles. The van der Waals surface area contributed by atoms with E-state index in [1.54, 1.807) is 0 Å². The summed E-state index contributed by atoms with van der Waals surface area (Å²) in [6.07, 6.45) is 8.43. The van der Waals surface area contributed by atoms with Crippen LogP contribution in [0.3, 0.4) is 0 Å². The molecule has 0 radical (unpaired) electrons. The Kier molecular flexibility index (Phi) is 4.11. The van der Waals surface area contributed by atoms with E-state index in [1.165, 1.54) is 59.0 Å². The van der Waals surface area contributed by atoms with Gasteiger partial charge in [0, 0.05) is 53.9 Å². The Morgan fingerprint density at radius 2 is 1.34 bits per heavy atom. The Morgan fingerprint density at radius 3 is 1.94 bits per heavy atom. The molecule has 4 heterocycles. The molecule has 1 aliphatic carbocycles.